The molecule has 146 valence electrons. The van der Waals surface area contributed by atoms with Crippen LogP contribution in [0.4, 0.5) is 14.6 Å². The Bertz CT molecular complexity index is 1180. The molecule has 0 spiro atoms. The van der Waals surface area contributed by atoms with Crippen molar-refractivity contribution >= 4 is 22.8 Å². The number of carbonyl (C=O) groups excluding carboxylic acids is 1. The van der Waals surface area contributed by atoms with Crippen molar-refractivity contribution in [2.45, 2.75) is 13.5 Å². The molecule has 0 aliphatic carbocycles. The summed E-state index contributed by atoms with van der Waals surface area (Å²) in [6.45, 7) is -1.52. The maximum absolute atomic E-state index is 12.4. The lowest BCUT2D eigenvalue weighted by molar-refractivity contribution is -0.114. The zero-order valence-corrected chi connectivity index (χ0v) is 15.2. The zero-order valence-electron chi connectivity index (χ0n) is 15.2. The predicted octanol–water partition coefficient (Wildman–Crippen LogP) is 4.25. The highest BCUT2D eigenvalue weighted by Gasteiger charge is 2.18. The molecule has 9 heteroatoms. The molecule has 0 fully saturated rings. The van der Waals surface area contributed by atoms with Crippen LogP contribution in [-0.4, -0.2) is 32.5 Å². The van der Waals surface area contributed by atoms with Crippen LogP contribution in [0.25, 0.3) is 33.5 Å². The Balaban J connectivity index is 1.85. The molecule has 0 bridgehead atoms. The zero-order chi connectivity index (χ0) is 20.4. The number of aromatic nitrogens is 4. The number of pyridine rings is 3. The van der Waals surface area contributed by atoms with Gasteiger partial charge in [0.25, 0.3) is 0 Å². The summed E-state index contributed by atoms with van der Waals surface area (Å²) in [4.78, 5) is 27.5. The van der Waals surface area contributed by atoms with Crippen LogP contribution in [0.1, 0.15) is 6.92 Å². The van der Waals surface area contributed by atoms with Crippen LogP contribution in [0, 0.1) is 0 Å². The van der Waals surface area contributed by atoms with Crippen LogP contribution >= 0.6 is 0 Å². The monoisotopic (exact) mass is 395 g/mol. The van der Waals surface area contributed by atoms with E-state index in [0.717, 1.165) is 11.1 Å². The van der Waals surface area contributed by atoms with Gasteiger partial charge in [0.15, 0.2) is 0 Å². The van der Waals surface area contributed by atoms with Gasteiger partial charge in [0.2, 0.25) is 5.91 Å². The molecule has 0 saturated heterocycles. The van der Waals surface area contributed by atoms with Crippen molar-refractivity contribution in [3.05, 3.63) is 55.0 Å². The van der Waals surface area contributed by atoms with Crippen LogP contribution < -0.4 is 10.1 Å². The number of rotatable bonds is 5. The number of H-pyrrole nitrogens is 1. The Morgan fingerprint density at radius 3 is 2.72 bits per heavy atom. The molecule has 7 nitrogen and oxygen atoms in total. The van der Waals surface area contributed by atoms with Crippen molar-refractivity contribution in [3.8, 4) is 28.3 Å². The second kappa shape index (κ2) is 7.63. The molecule has 4 aromatic heterocycles. The van der Waals surface area contributed by atoms with Crippen LogP contribution in [0.15, 0.2) is 55.0 Å². The van der Waals surface area contributed by atoms with Crippen LogP contribution in [0.3, 0.4) is 0 Å². The fourth-order valence-corrected chi connectivity index (χ4v) is 3.02. The summed E-state index contributed by atoms with van der Waals surface area (Å²) >= 11 is 0. The summed E-state index contributed by atoms with van der Waals surface area (Å²) in [6, 6.07) is 10.2. The van der Waals surface area contributed by atoms with Gasteiger partial charge in [-0.15, -0.1) is 0 Å². The normalized spacial score (nSPS) is 11.0. The van der Waals surface area contributed by atoms with Gasteiger partial charge in [-0.2, -0.15) is 8.78 Å². The lowest BCUT2D eigenvalue weighted by Gasteiger charge is -2.08. The first kappa shape index (κ1) is 18.5. The third-order valence-corrected chi connectivity index (χ3v) is 4.12. The molecule has 0 unspecified atom stereocenters. The number of hydrogen-bond donors (Lipinski definition) is 2. The van der Waals surface area contributed by atoms with Gasteiger partial charge < -0.3 is 15.0 Å². The number of nitrogens with zero attached hydrogens (tertiary/aromatic N) is 3. The summed E-state index contributed by atoms with van der Waals surface area (Å²) in [5, 5.41) is 2.65. The summed E-state index contributed by atoms with van der Waals surface area (Å²) < 4.78 is 29.2. The first-order chi connectivity index (χ1) is 14.0. The van der Waals surface area contributed by atoms with E-state index in [1.54, 1.807) is 36.7 Å². The van der Waals surface area contributed by atoms with Gasteiger partial charge in [0.05, 0.1) is 34.2 Å². The quantitative estimate of drug-likeness (QED) is 0.527. The van der Waals surface area contributed by atoms with E-state index in [1.807, 2.05) is 6.07 Å². The highest BCUT2D eigenvalue weighted by molar-refractivity contribution is 6.01. The van der Waals surface area contributed by atoms with Crippen LogP contribution in [0.5, 0.6) is 5.75 Å². The Hall–Kier alpha value is -3.88. The van der Waals surface area contributed by atoms with E-state index in [4.69, 9.17) is 0 Å². The Morgan fingerprint density at radius 1 is 1.14 bits per heavy atom. The van der Waals surface area contributed by atoms with E-state index in [1.165, 1.54) is 19.2 Å². The van der Waals surface area contributed by atoms with Gasteiger partial charge in [0, 0.05) is 24.9 Å². The van der Waals surface area contributed by atoms with Gasteiger partial charge in [-0.1, -0.05) is 0 Å². The number of carbonyl (C=O) groups is 1. The fraction of sp³-hybridized carbons (Fsp3) is 0.100. The molecular weight excluding hydrogens is 380 g/mol. The Labute approximate surface area is 163 Å². The van der Waals surface area contributed by atoms with E-state index in [2.05, 4.69) is 30.0 Å². The van der Waals surface area contributed by atoms with E-state index in [0.29, 0.717) is 28.3 Å². The number of amides is 1. The first-order valence-electron chi connectivity index (χ1n) is 8.63. The minimum atomic E-state index is -2.92. The lowest BCUT2D eigenvalue weighted by atomic mass is 10.0. The number of anilines is 1. The van der Waals surface area contributed by atoms with Crippen molar-refractivity contribution in [2.75, 3.05) is 5.32 Å². The summed E-state index contributed by atoms with van der Waals surface area (Å²) in [7, 11) is 0. The van der Waals surface area contributed by atoms with Crippen molar-refractivity contribution in [3.63, 3.8) is 0 Å². The average molecular weight is 395 g/mol. The molecule has 1 amide bonds. The van der Waals surface area contributed by atoms with E-state index in [-0.39, 0.29) is 11.7 Å². The number of alkyl halides is 2. The lowest BCUT2D eigenvalue weighted by Crippen LogP contribution is -2.07. The second-order valence-electron chi connectivity index (χ2n) is 6.14. The third-order valence-electron chi connectivity index (χ3n) is 4.12. The Morgan fingerprint density at radius 2 is 2.00 bits per heavy atom. The average Bonchev–Trinajstić information content (AvgIpc) is 3.07. The summed E-state index contributed by atoms with van der Waals surface area (Å²) in [5.74, 6) is 0.139. The highest BCUT2D eigenvalue weighted by atomic mass is 19.3. The van der Waals surface area contributed by atoms with Crippen LogP contribution in [0.2, 0.25) is 0 Å². The van der Waals surface area contributed by atoms with Crippen molar-refractivity contribution in [2.24, 2.45) is 0 Å². The molecule has 4 heterocycles. The molecular formula is C20H15F2N5O2. The van der Waals surface area contributed by atoms with Crippen molar-refractivity contribution < 1.29 is 18.3 Å². The molecule has 29 heavy (non-hydrogen) atoms. The Kier molecular flexibility index (Phi) is 4.86. The number of hydrogen-bond acceptors (Lipinski definition) is 5. The molecule has 4 aromatic rings. The van der Waals surface area contributed by atoms with Crippen molar-refractivity contribution in [1.29, 1.82) is 0 Å². The maximum atomic E-state index is 12.4. The minimum absolute atomic E-state index is 0.0324. The van der Waals surface area contributed by atoms with E-state index < -0.39 is 6.61 Å². The summed E-state index contributed by atoms with van der Waals surface area (Å²) in [5.41, 5.74) is 4.16. The SMILES string of the molecule is CC(=O)Nc1cc(-c2[nH]c3cccnc3c2-c2ccc(OC(F)F)cn2)ccn1. The van der Waals surface area contributed by atoms with Crippen molar-refractivity contribution in [1.82, 2.24) is 19.9 Å². The van der Waals surface area contributed by atoms with Gasteiger partial charge in [-0.3, -0.25) is 14.8 Å². The summed E-state index contributed by atoms with van der Waals surface area (Å²) in [6.07, 6.45) is 4.48. The number of aromatic amines is 1. The minimum Gasteiger partial charge on any atom is -0.433 e. The molecule has 0 atom stereocenters. The number of fused-ring (bicyclic) bond motifs is 1. The van der Waals surface area contributed by atoms with E-state index in [9.17, 15) is 13.6 Å². The number of ether oxygens (including phenoxy) is 1. The largest absolute Gasteiger partial charge is 0.433 e. The maximum Gasteiger partial charge on any atom is 0.387 e. The van der Waals surface area contributed by atoms with E-state index >= 15 is 0 Å². The highest BCUT2D eigenvalue weighted by Crippen LogP contribution is 2.37. The molecule has 0 aromatic carbocycles. The van der Waals surface area contributed by atoms with Gasteiger partial charge >= 0.3 is 6.61 Å². The molecule has 0 aliphatic rings. The standard InChI is InChI=1S/C20H15F2N5O2/c1-11(28)26-16-9-12(6-8-23-16)18-17(19-15(27-18)3-2-7-24-19)14-5-4-13(10-25-14)29-20(21)22/h2-10,20,27H,1H3,(H,23,26,28). The van der Waals surface area contributed by atoms with Gasteiger partial charge in [-0.25, -0.2) is 4.98 Å². The molecule has 0 saturated carbocycles. The second-order valence-corrected chi connectivity index (χ2v) is 6.14. The van der Waals surface area contributed by atoms with Gasteiger partial charge in [0.1, 0.15) is 11.6 Å². The molecule has 2 N–H and O–H groups in total. The molecule has 0 radical (unpaired) electrons. The smallest absolute Gasteiger partial charge is 0.387 e. The molecule has 0 aliphatic heterocycles. The topological polar surface area (TPSA) is 92.8 Å². The number of nitrogens with one attached hydrogen (secondary N) is 2. The van der Waals surface area contributed by atoms with Crippen LogP contribution in [-0.2, 0) is 4.79 Å². The van der Waals surface area contributed by atoms with Gasteiger partial charge in [-0.05, 0) is 36.4 Å². The predicted molar refractivity (Wildman–Crippen MR) is 103 cm³/mol. The first-order valence-corrected chi connectivity index (χ1v) is 8.63. The molecule has 4 rings (SSSR count). The number of halogens is 2. The fourth-order valence-electron chi connectivity index (χ4n) is 3.02. The third kappa shape index (κ3) is 3.88.